The standard InChI is InChI=1S/C17H23FN2O2/c18-15-2-4-16(5-3-15)19-8-1-9-20(11-10-19)17(21)14-6-12-22-13-7-14/h2-5,14H,1,6-13H2. The Hall–Kier alpha value is -1.62. The molecule has 4 nitrogen and oxygen atoms in total. The van der Waals surface area contributed by atoms with Crippen LogP contribution in [0.4, 0.5) is 10.1 Å². The van der Waals surface area contributed by atoms with Gasteiger partial charge in [0, 0.05) is 51.0 Å². The molecule has 1 aromatic rings. The summed E-state index contributed by atoms with van der Waals surface area (Å²) in [6, 6.07) is 6.60. The van der Waals surface area contributed by atoms with Gasteiger partial charge in [-0.3, -0.25) is 4.79 Å². The van der Waals surface area contributed by atoms with E-state index in [0.717, 1.165) is 51.1 Å². The van der Waals surface area contributed by atoms with Crippen molar-refractivity contribution < 1.29 is 13.9 Å². The van der Waals surface area contributed by atoms with E-state index in [1.807, 2.05) is 17.0 Å². The first-order chi connectivity index (χ1) is 10.7. The average molecular weight is 306 g/mol. The zero-order valence-corrected chi connectivity index (χ0v) is 12.8. The van der Waals surface area contributed by atoms with Crippen LogP contribution in [0.2, 0.25) is 0 Å². The molecule has 2 heterocycles. The molecule has 5 heteroatoms. The van der Waals surface area contributed by atoms with Crippen molar-refractivity contribution >= 4 is 11.6 Å². The second kappa shape index (κ2) is 7.09. The first-order valence-corrected chi connectivity index (χ1v) is 8.11. The smallest absolute Gasteiger partial charge is 0.225 e. The van der Waals surface area contributed by atoms with Crippen molar-refractivity contribution in [1.82, 2.24) is 4.90 Å². The number of rotatable bonds is 2. The minimum atomic E-state index is -0.213. The molecule has 2 fully saturated rings. The molecule has 2 saturated heterocycles. The molecule has 0 aliphatic carbocycles. The van der Waals surface area contributed by atoms with Crippen molar-refractivity contribution in [3.8, 4) is 0 Å². The molecular weight excluding hydrogens is 283 g/mol. The minimum absolute atomic E-state index is 0.131. The number of ether oxygens (including phenoxy) is 1. The summed E-state index contributed by atoms with van der Waals surface area (Å²) < 4.78 is 18.4. The third kappa shape index (κ3) is 3.58. The van der Waals surface area contributed by atoms with Crippen molar-refractivity contribution in [3.05, 3.63) is 30.1 Å². The fourth-order valence-corrected chi connectivity index (χ4v) is 3.25. The molecule has 1 amide bonds. The molecular formula is C17H23FN2O2. The Morgan fingerprint density at radius 1 is 1.05 bits per heavy atom. The molecule has 0 N–H and O–H groups in total. The molecule has 0 radical (unpaired) electrons. The first-order valence-electron chi connectivity index (χ1n) is 8.11. The summed E-state index contributed by atoms with van der Waals surface area (Å²) in [4.78, 5) is 16.8. The lowest BCUT2D eigenvalue weighted by molar-refractivity contribution is -0.138. The zero-order valence-electron chi connectivity index (χ0n) is 12.8. The summed E-state index contributed by atoms with van der Waals surface area (Å²) in [5.41, 5.74) is 1.03. The van der Waals surface area contributed by atoms with E-state index in [0.29, 0.717) is 13.2 Å². The molecule has 0 aromatic heterocycles. The van der Waals surface area contributed by atoms with Crippen LogP contribution < -0.4 is 4.90 Å². The van der Waals surface area contributed by atoms with Gasteiger partial charge in [-0.2, -0.15) is 0 Å². The topological polar surface area (TPSA) is 32.8 Å². The van der Waals surface area contributed by atoms with E-state index in [1.54, 1.807) is 0 Å². The Bertz CT molecular complexity index is 500. The molecule has 0 unspecified atom stereocenters. The van der Waals surface area contributed by atoms with Gasteiger partial charge in [0.05, 0.1) is 0 Å². The highest BCUT2D eigenvalue weighted by molar-refractivity contribution is 5.79. The van der Waals surface area contributed by atoms with Gasteiger partial charge in [0.15, 0.2) is 0 Å². The highest BCUT2D eigenvalue weighted by Gasteiger charge is 2.27. The van der Waals surface area contributed by atoms with Gasteiger partial charge in [-0.05, 0) is 43.5 Å². The van der Waals surface area contributed by atoms with Crippen molar-refractivity contribution in [2.24, 2.45) is 5.92 Å². The van der Waals surface area contributed by atoms with Crippen molar-refractivity contribution in [2.45, 2.75) is 19.3 Å². The van der Waals surface area contributed by atoms with Gasteiger partial charge in [-0.25, -0.2) is 4.39 Å². The number of benzene rings is 1. The Kier molecular flexibility index (Phi) is 4.93. The fourth-order valence-electron chi connectivity index (χ4n) is 3.25. The number of anilines is 1. The van der Waals surface area contributed by atoms with Crippen molar-refractivity contribution in [2.75, 3.05) is 44.3 Å². The van der Waals surface area contributed by atoms with Crippen LogP contribution in [0.5, 0.6) is 0 Å². The molecule has 3 rings (SSSR count). The molecule has 1 aromatic carbocycles. The van der Waals surface area contributed by atoms with Crippen LogP contribution in [0, 0.1) is 11.7 Å². The maximum absolute atomic E-state index is 13.0. The highest BCUT2D eigenvalue weighted by atomic mass is 19.1. The molecule has 120 valence electrons. The second-order valence-electron chi connectivity index (χ2n) is 6.03. The lowest BCUT2D eigenvalue weighted by Gasteiger charge is -2.28. The van der Waals surface area contributed by atoms with Crippen molar-refractivity contribution in [1.29, 1.82) is 0 Å². The molecule has 0 bridgehead atoms. The van der Waals surface area contributed by atoms with Crippen LogP contribution in [0.15, 0.2) is 24.3 Å². The van der Waals surface area contributed by atoms with Gasteiger partial charge < -0.3 is 14.5 Å². The number of hydrogen-bond donors (Lipinski definition) is 0. The summed E-state index contributed by atoms with van der Waals surface area (Å²) in [5.74, 6) is 0.199. The van der Waals surface area contributed by atoms with Crippen LogP contribution in [-0.2, 0) is 9.53 Å². The lowest BCUT2D eigenvalue weighted by Crippen LogP contribution is -2.40. The number of amides is 1. The van der Waals surface area contributed by atoms with E-state index < -0.39 is 0 Å². The quantitative estimate of drug-likeness (QED) is 0.840. The highest BCUT2D eigenvalue weighted by Crippen LogP contribution is 2.21. The van der Waals surface area contributed by atoms with Gasteiger partial charge in [0.1, 0.15) is 5.82 Å². The third-order valence-corrected chi connectivity index (χ3v) is 4.57. The Balaban J connectivity index is 1.59. The predicted molar refractivity (Wildman–Crippen MR) is 83.4 cm³/mol. The maximum Gasteiger partial charge on any atom is 0.225 e. The third-order valence-electron chi connectivity index (χ3n) is 4.57. The van der Waals surface area contributed by atoms with E-state index in [9.17, 15) is 9.18 Å². The summed E-state index contributed by atoms with van der Waals surface area (Å²) in [6.45, 7) is 4.67. The lowest BCUT2D eigenvalue weighted by atomic mass is 9.98. The van der Waals surface area contributed by atoms with Crippen LogP contribution in [0.1, 0.15) is 19.3 Å². The number of carbonyl (C=O) groups is 1. The van der Waals surface area contributed by atoms with Crippen LogP contribution >= 0.6 is 0 Å². The van der Waals surface area contributed by atoms with Crippen LogP contribution in [0.3, 0.4) is 0 Å². The summed E-state index contributed by atoms with van der Waals surface area (Å²) in [6.07, 6.45) is 2.64. The first kappa shape index (κ1) is 15.3. The molecule has 0 atom stereocenters. The summed E-state index contributed by atoms with van der Waals surface area (Å²) >= 11 is 0. The van der Waals surface area contributed by atoms with Gasteiger partial charge >= 0.3 is 0 Å². The Morgan fingerprint density at radius 2 is 1.77 bits per heavy atom. The van der Waals surface area contributed by atoms with E-state index in [2.05, 4.69) is 4.90 Å². The zero-order chi connectivity index (χ0) is 15.4. The minimum Gasteiger partial charge on any atom is -0.381 e. The maximum atomic E-state index is 13.0. The SMILES string of the molecule is O=C(C1CCOCC1)N1CCCN(c2ccc(F)cc2)CC1. The van der Waals surface area contributed by atoms with Gasteiger partial charge in [-0.15, -0.1) is 0 Å². The van der Waals surface area contributed by atoms with Crippen molar-refractivity contribution in [3.63, 3.8) is 0 Å². The molecule has 2 aliphatic heterocycles. The van der Waals surface area contributed by atoms with Crippen LogP contribution in [-0.4, -0.2) is 50.2 Å². The number of hydrogen-bond acceptors (Lipinski definition) is 3. The van der Waals surface area contributed by atoms with E-state index in [-0.39, 0.29) is 17.6 Å². The largest absolute Gasteiger partial charge is 0.381 e. The van der Waals surface area contributed by atoms with Gasteiger partial charge in [0.25, 0.3) is 0 Å². The Labute approximate surface area is 130 Å². The predicted octanol–water partition coefficient (Wildman–Crippen LogP) is 2.29. The van der Waals surface area contributed by atoms with Crippen LogP contribution in [0.25, 0.3) is 0 Å². The number of halogens is 1. The fraction of sp³-hybridized carbons (Fsp3) is 0.588. The van der Waals surface area contributed by atoms with Gasteiger partial charge in [-0.1, -0.05) is 0 Å². The summed E-state index contributed by atoms with van der Waals surface area (Å²) in [7, 11) is 0. The normalized spacial score (nSPS) is 20.8. The van der Waals surface area contributed by atoms with E-state index in [1.165, 1.54) is 12.1 Å². The molecule has 22 heavy (non-hydrogen) atoms. The van der Waals surface area contributed by atoms with Gasteiger partial charge in [0.2, 0.25) is 5.91 Å². The van der Waals surface area contributed by atoms with E-state index >= 15 is 0 Å². The average Bonchev–Trinajstić information content (AvgIpc) is 2.82. The summed E-state index contributed by atoms with van der Waals surface area (Å²) in [5, 5.41) is 0. The molecule has 0 spiro atoms. The van der Waals surface area contributed by atoms with E-state index in [4.69, 9.17) is 4.74 Å². The second-order valence-corrected chi connectivity index (χ2v) is 6.03. The molecule has 0 saturated carbocycles. The monoisotopic (exact) mass is 306 g/mol. The number of carbonyl (C=O) groups excluding carboxylic acids is 1. The Morgan fingerprint density at radius 3 is 2.50 bits per heavy atom. The number of nitrogens with zero attached hydrogens (tertiary/aromatic N) is 2. The molecule has 2 aliphatic rings.